The van der Waals surface area contributed by atoms with Crippen LogP contribution in [0, 0.1) is 6.92 Å². The van der Waals surface area contributed by atoms with E-state index >= 15 is 0 Å². The molecule has 1 aromatic rings. The van der Waals surface area contributed by atoms with Gasteiger partial charge in [-0.25, -0.2) is 0 Å². The molecule has 1 fully saturated rings. The van der Waals surface area contributed by atoms with Crippen LogP contribution in [0.4, 0.5) is 0 Å². The summed E-state index contributed by atoms with van der Waals surface area (Å²) < 4.78 is 1.92. The highest BCUT2D eigenvalue weighted by molar-refractivity contribution is 5.15. The molecule has 4 nitrogen and oxygen atoms in total. The van der Waals surface area contributed by atoms with Crippen molar-refractivity contribution in [3.63, 3.8) is 0 Å². The fourth-order valence-electron chi connectivity index (χ4n) is 2.76. The Morgan fingerprint density at radius 1 is 1.47 bits per heavy atom. The third-order valence-electron chi connectivity index (χ3n) is 3.68. The van der Waals surface area contributed by atoms with E-state index in [0.29, 0.717) is 6.04 Å². The average molecular weight is 236 g/mol. The fraction of sp³-hybridized carbons (Fsp3) is 0.769. The summed E-state index contributed by atoms with van der Waals surface area (Å²) in [5, 5.41) is 7.73. The molecule has 96 valence electrons. The van der Waals surface area contributed by atoms with E-state index in [2.05, 4.69) is 28.4 Å². The van der Waals surface area contributed by atoms with E-state index in [1.807, 2.05) is 18.8 Å². The summed E-state index contributed by atoms with van der Waals surface area (Å²) in [7, 11) is 4.04. The van der Waals surface area contributed by atoms with E-state index in [9.17, 15) is 0 Å². The van der Waals surface area contributed by atoms with Gasteiger partial charge in [-0.15, -0.1) is 0 Å². The van der Waals surface area contributed by atoms with E-state index in [1.165, 1.54) is 37.1 Å². The number of likely N-dealkylation sites (N-methyl/N-ethyl adjacent to an activating group) is 1. The lowest BCUT2D eigenvalue weighted by Gasteiger charge is -2.35. The molecule has 1 aliphatic heterocycles. The minimum atomic E-state index is 0.688. The Bertz CT molecular complexity index is 356. The van der Waals surface area contributed by atoms with Crippen molar-refractivity contribution in [3.8, 4) is 0 Å². The first-order chi connectivity index (χ1) is 8.20. The Kier molecular flexibility index (Phi) is 4.18. The highest BCUT2D eigenvalue weighted by Gasteiger charge is 2.22. The molecule has 0 radical (unpaired) electrons. The van der Waals surface area contributed by atoms with Crippen LogP contribution < -0.4 is 5.32 Å². The first-order valence-electron chi connectivity index (χ1n) is 6.58. The molecule has 0 spiro atoms. The molecule has 1 atom stereocenters. The Morgan fingerprint density at radius 2 is 2.29 bits per heavy atom. The van der Waals surface area contributed by atoms with Crippen LogP contribution in [-0.4, -0.2) is 40.9 Å². The van der Waals surface area contributed by atoms with Gasteiger partial charge in [0.15, 0.2) is 0 Å². The summed E-state index contributed by atoms with van der Waals surface area (Å²) >= 11 is 0. The van der Waals surface area contributed by atoms with Gasteiger partial charge in [-0.2, -0.15) is 5.10 Å². The first kappa shape index (κ1) is 12.6. The second-order valence-electron chi connectivity index (χ2n) is 5.09. The molecule has 2 rings (SSSR count). The van der Waals surface area contributed by atoms with Gasteiger partial charge in [0.25, 0.3) is 0 Å². The summed E-state index contributed by atoms with van der Waals surface area (Å²) in [6, 6.07) is 0.688. The van der Waals surface area contributed by atoms with Crippen LogP contribution in [-0.2, 0) is 13.6 Å². The molecule has 4 heteroatoms. The molecular weight excluding hydrogens is 212 g/mol. The van der Waals surface area contributed by atoms with Crippen molar-refractivity contribution >= 4 is 0 Å². The van der Waals surface area contributed by atoms with Crippen molar-refractivity contribution in [3.05, 3.63) is 17.5 Å². The monoisotopic (exact) mass is 236 g/mol. The van der Waals surface area contributed by atoms with Gasteiger partial charge in [-0.05, 0) is 33.4 Å². The molecule has 0 saturated carbocycles. The summed E-state index contributed by atoms with van der Waals surface area (Å²) in [6.45, 7) is 5.47. The second kappa shape index (κ2) is 5.65. The van der Waals surface area contributed by atoms with Crippen LogP contribution in [0.25, 0.3) is 0 Å². The number of nitrogens with zero attached hydrogens (tertiary/aromatic N) is 3. The number of likely N-dealkylation sites (tertiary alicyclic amines) is 1. The molecule has 0 aromatic carbocycles. The first-order valence-corrected chi connectivity index (χ1v) is 6.58. The van der Waals surface area contributed by atoms with E-state index in [1.54, 1.807) is 0 Å². The predicted molar refractivity (Wildman–Crippen MR) is 69.9 cm³/mol. The Hall–Kier alpha value is -0.870. The quantitative estimate of drug-likeness (QED) is 0.855. The summed E-state index contributed by atoms with van der Waals surface area (Å²) in [5.41, 5.74) is 2.54. The zero-order valence-corrected chi connectivity index (χ0v) is 11.2. The van der Waals surface area contributed by atoms with Crippen LogP contribution in [0.15, 0.2) is 6.20 Å². The maximum atomic E-state index is 4.42. The Morgan fingerprint density at radius 3 is 2.94 bits per heavy atom. The molecule has 1 aromatic heterocycles. The number of rotatable bonds is 4. The van der Waals surface area contributed by atoms with Crippen LogP contribution >= 0.6 is 0 Å². The van der Waals surface area contributed by atoms with Gasteiger partial charge in [0.1, 0.15) is 0 Å². The van der Waals surface area contributed by atoms with E-state index < -0.39 is 0 Å². The summed E-state index contributed by atoms with van der Waals surface area (Å²) in [5.74, 6) is 0. The minimum absolute atomic E-state index is 0.688. The lowest BCUT2D eigenvalue weighted by Crippen LogP contribution is -2.44. The van der Waals surface area contributed by atoms with Crippen molar-refractivity contribution in [2.75, 3.05) is 20.1 Å². The number of nitrogens with one attached hydrogen (secondary N) is 1. The molecule has 17 heavy (non-hydrogen) atoms. The van der Waals surface area contributed by atoms with E-state index in [4.69, 9.17) is 0 Å². The molecule has 0 amide bonds. The maximum Gasteiger partial charge on any atom is 0.0638 e. The second-order valence-corrected chi connectivity index (χ2v) is 5.09. The Balaban J connectivity index is 2.02. The van der Waals surface area contributed by atoms with Crippen molar-refractivity contribution in [1.29, 1.82) is 0 Å². The zero-order valence-electron chi connectivity index (χ0n) is 11.2. The molecule has 1 aliphatic rings. The topological polar surface area (TPSA) is 33.1 Å². The standard InChI is InChI=1S/C13H24N4/c1-11-12(9-16(3)15-11)10-17-7-5-4-6-13(17)8-14-2/h9,13-14H,4-8,10H2,1-3H3. The fourth-order valence-corrected chi connectivity index (χ4v) is 2.76. The van der Waals surface area contributed by atoms with Gasteiger partial charge in [0.05, 0.1) is 5.69 Å². The Labute approximate surface area is 104 Å². The smallest absolute Gasteiger partial charge is 0.0638 e. The van der Waals surface area contributed by atoms with Gasteiger partial charge >= 0.3 is 0 Å². The molecule has 1 N–H and O–H groups in total. The van der Waals surface area contributed by atoms with Gasteiger partial charge in [0, 0.05) is 37.9 Å². The highest BCUT2D eigenvalue weighted by Crippen LogP contribution is 2.20. The lowest BCUT2D eigenvalue weighted by atomic mass is 10.0. The number of piperidine rings is 1. The largest absolute Gasteiger partial charge is 0.318 e. The van der Waals surface area contributed by atoms with Crippen molar-refractivity contribution in [2.45, 2.75) is 38.8 Å². The lowest BCUT2D eigenvalue weighted by molar-refractivity contribution is 0.139. The number of hydrogen-bond donors (Lipinski definition) is 1. The third-order valence-corrected chi connectivity index (χ3v) is 3.68. The molecule has 1 saturated heterocycles. The number of aromatic nitrogens is 2. The van der Waals surface area contributed by atoms with Crippen molar-refractivity contribution in [1.82, 2.24) is 20.0 Å². The minimum Gasteiger partial charge on any atom is -0.318 e. The van der Waals surface area contributed by atoms with Crippen LogP contribution in [0.3, 0.4) is 0 Å². The number of aryl methyl sites for hydroxylation is 2. The summed E-state index contributed by atoms with van der Waals surface area (Å²) in [6.07, 6.45) is 6.18. The molecule has 2 heterocycles. The molecule has 0 aliphatic carbocycles. The van der Waals surface area contributed by atoms with Crippen LogP contribution in [0.1, 0.15) is 30.5 Å². The van der Waals surface area contributed by atoms with Gasteiger partial charge in [-0.1, -0.05) is 6.42 Å². The normalized spacial score (nSPS) is 21.9. The SMILES string of the molecule is CNCC1CCCCN1Cc1cn(C)nc1C. The van der Waals surface area contributed by atoms with Gasteiger partial charge < -0.3 is 5.32 Å². The van der Waals surface area contributed by atoms with Gasteiger partial charge in [-0.3, -0.25) is 9.58 Å². The van der Waals surface area contributed by atoms with E-state index in [0.717, 1.165) is 13.1 Å². The van der Waals surface area contributed by atoms with E-state index in [-0.39, 0.29) is 0 Å². The van der Waals surface area contributed by atoms with Crippen LogP contribution in [0.5, 0.6) is 0 Å². The van der Waals surface area contributed by atoms with Crippen LogP contribution in [0.2, 0.25) is 0 Å². The van der Waals surface area contributed by atoms with Gasteiger partial charge in [0.2, 0.25) is 0 Å². The third kappa shape index (κ3) is 3.07. The molecular formula is C13H24N4. The molecule has 0 bridgehead atoms. The maximum absolute atomic E-state index is 4.42. The van der Waals surface area contributed by atoms with Crippen molar-refractivity contribution in [2.24, 2.45) is 7.05 Å². The van der Waals surface area contributed by atoms with Crippen molar-refractivity contribution < 1.29 is 0 Å². The summed E-state index contributed by atoms with van der Waals surface area (Å²) in [4.78, 5) is 2.60. The number of hydrogen-bond acceptors (Lipinski definition) is 3. The zero-order chi connectivity index (χ0) is 12.3. The predicted octanol–water partition coefficient (Wildman–Crippen LogP) is 1.30. The average Bonchev–Trinajstić information content (AvgIpc) is 2.61. The highest BCUT2D eigenvalue weighted by atomic mass is 15.3. The molecule has 1 unspecified atom stereocenters.